The Morgan fingerprint density at radius 3 is 2.25 bits per heavy atom. The van der Waals surface area contributed by atoms with Crippen LogP contribution in [0.2, 0.25) is 0 Å². The van der Waals surface area contributed by atoms with E-state index in [1.165, 1.54) is 19.4 Å². The van der Waals surface area contributed by atoms with Crippen molar-refractivity contribution < 1.29 is 0 Å². The van der Waals surface area contributed by atoms with Crippen LogP contribution in [0.5, 0.6) is 0 Å². The minimum Gasteiger partial charge on any atom is -0.316 e. The van der Waals surface area contributed by atoms with Gasteiger partial charge in [-0.3, -0.25) is 0 Å². The molecule has 0 aromatic rings. The fraction of sp³-hybridized carbons (Fsp3) is 1.00. The van der Waals surface area contributed by atoms with Gasteiger partial charge in [0.1, 0.15) is 0 Å². The molecule has 0 saturated heterocycles. The summed E-state index contributed by atoms with van der Waals surface area (Å²) in [5.41, 5.74) is 0.370. The molecule has 1 N–H and O–H groups in total. The lowest BCUT2D eigenvalue weighted by Gasteiger charge is -2.35. The van der Waals surface area contributed by atoms with Crippen molar-refractivity contribution >= 4 is 0 Å². The summed E-state index contributed by atoms with van der Waals surface area (Å²) in [4.78, 5) is 2.59. The predicted octanol–water partition coefficient (Wildman–Crippen LogP) is 3.13. The molecule has 0 aliphatic rings. The number of rotatable bonds is 9. The zero-order valence-electron chi connectivity index (χ0n) is 12.3. The maximum Gasteiger partial charge on any atom is 0.00644 e. The Morgan fingerprint density at radius 2 is 1.81 bits per heavy atom. The summed E-state index contributed by atoms with van der Waals surface area (Å²) in [6, 6.07) is 0.704. The Morgan fingerprint density at radius 1 is 1.19 bits per heavy atom. The first-order chi connectivity index (χ1) is 7.46. The fourth-order valence-electron chi connectivity index (χ4n) is 2.05. The van der Waals surface area contributed by atoms with E-state index in [0.717, 1.165) is 19.6 Å². The average Bonchev–Trinajstić information content (AvgIpc) is 2.25. The fourth-order valence-corrected chi connectivity index (χ4v) is 2.05. The van der Waals surface area contributed by atoms with Crippen LogP contribution < -0.4 is 5.32 Å². The molecule has 0 spiro atoms. The molecule has 0 radical (unpaired) electrons. The Balaban J connectivity index is 4.09. The summed E-state index contributed by atoms with van der Waals surface area (Å²) >= 11 is 0. The maximum atomic E-state index is 3.54. The summed E-state index contributed by atoms with van der Waals surface area (Å²) in [5, 5.41) is 3.54. The van der Waals surface area contributed by atoms with Gasteiger partial charge >= 0.3 is 0 Å². The Kier molecular flexibility index (Phi) is 8.04. The van der Waals surface area contributed by atoms with Gasteiger partial charge in [0.05, 0.1) is 0 Å². The molecular formula is C14H32N2. The van der Waals surface area contributed by atoms with Crippen LogP contribution in [-0.4, -0.2) is 37.1 Å². The van der Waals surface area contributed by atoms with Crippen molar-refractivity contribution in [2.24, 2.45) is 5.41 Å². The summed E-state index contributed by atoms with van der Waals surface area (Å²) in [5.74, 6) is 0. The molecule has 0 amide bonds. The van der Waals surface area contributed by atoms with Gasteiger partial charge in [-0.1, -0.05) is 34.6 Å². The lowest BCUT2D eigenvalue weighted by molar-refractivity contribution is 0.138. The summed E-state index contributed by atoms with van der Waals surface area (Å²) < 4.78 is 0. The Hall–Kier alpha value is -0.0800. The van der Waals surface area contributed by atoms with E-state index in [2.05, 4.69) is 51.8 Å². The second-order valence-corrected chi connectivity index (χ2v) is 5.66. The van der Waals surface area contributed by atoms with Gasteiger partial charge in [0.2, 0.25) is 0 Å². The molecular weight excluding hydrogens is 196 g/mol. The molecule has 0 aromatic heterocycles. The SMILES string of the molecule is CCCNCC(C)(C)CN(CC)C(C)CC. The number of nitrogens with zero attached hydrogens (tertiary/aromatic N) is 1. The Labute approximate surface area is 103 Å². The first kappa shape index (κ1) is 15.9. The molecule has 0 aliphatic carbocycles. The first-order valence-electron chi connectivity index (χ1n) is 6.91. The van der Waals surface area contributed by atoms with Crippen molar-refractivity contribution in [3.63, 3.8) is 0 Å². The second-order valence-electron chi connectivity index (χ2n) is 5.66. The van der Waals surface area contributed by atoms with Crippen LogP contribution in [0, 0.1) is 5.41 Å². The van der Waals surface area contributed by atoms with E-state index in [-0.39, 0.29) is 0 Å². The van der Waals surface area contributed by atoms with Crippen LogP contribution in [0.4, 0.5) is 0 Å². The van der Waals surface area contributed by atoms with Crippen LogP contribution in [0.1, 0.15) is 54.4 Å². The predicted molar refractivity (Wildman–Crippen MR) is 73.9 cm³/mol. The van der Waals surface area contributed by atoms with Gasteiger partial charge in [0.15, 0.2) is 0 Å². The van der Waals surface area contributed by atoms with E-state index in [9.17, 15) is 0 Å². The first-order valence-corrected chi connectivity index (χ1v) is 6.91. The van der Waals surface area contributed by atoms with E-state index in [4.69, 9.17) is 0 Å². The van der Waals surface area contributed by atoms with Crippen LogP contribution in [0.3, 0.4) is 0 Å². The molecule has 2 heteroatoms. The van der Waals surface area contributed by atoms with Gasteiger partial charge in [-0.15, -0.1) is 0 Å². The van der Waals surface area contributed by atoms with Gasteiger partial charge in [0.25, 0.3) is 0 Å². The van der Waals surface area contributed by atoms with E-state index in [0.29, 0.717) is 11.5 Å². The van der Waals surface area contributed by atoms with Gasteiger partial charge in [-0.05, 0) is 38.3 Å². The number of hydrogen-bond acceptors (Lipinski definition) is 2. The summed E-state index contributed by atoms with van der Waals surface area (Å²) in [7, 11) is 0. The van der Waals surface area contributed by atoms with Gasteiger partial charge in [0, 0.05) is 19.1 Å². The third-order valence-corrected chi connectivity index (χ3v) is 3.28. The maximum absolute atomic E-state index is 3.54. The molecule has 0 fully saturated rings. The van der Waals surface area contributed by atoms with Crippen molar-refractivity contribution in [2.75, 3.05) is 26.2 Å². The molecule has 0 heterocycles. The van der Waals surface area contributed by atoms with Crippen LogP contribution in [-0.2, 0) is 0 Å². The quantitative estimate of drug-likeness (QED) is 0.610. The van der Waals surface area contributed by atoms with Gasteiger partial charge in [-0.25, -0.2) is 0 Å². The summed E-state index contributed by atoms with van der Waals surface area (Å²) in [6.07, 6.45) is 2.46. The van der Waals surface area contributed by atoms with Crippen molar-refractivity contribution in [3.8, 4) is 0 Å². The van der Waals surface area contributed by atoms with Gasteiger partial charge < -0.3 is 10.2 Å². The highest BCUT2D eigenvalue weighted by Crippen LogP contribution is 2.18. The number of nitrogens with one attached hydrogen (secondary N) is 1. The topological polar surface area (TPSA) is 15.3 Å². The van der Waals surface area contributed by atoms with E-state index in [1.54, 1.807) is 0 Å². The third kappa shape index (κ3) is 6.49. The zero-order chi connectivity index (χ0) is 12.6. The highest BCUT2D eigenvalue weighted by atomic mass is 15.2. The lowest BCUT2D eigenvalue weighted by atomic mass is 9.91. The molecule has 0 rings (SSSR count). The smallest absolute Gasteiger partial charge is 0.00644 e. The normalized spacial score (nSPS) is 14.4. The molecule has 98 valence electrons. The molecule has 0 aliphatic heterocycles. The van der Waals surface area contributed by atoms with Crippen LogP contribution >= 0.6 is 0 Å². The zero-order valence-corrected chi connectivity index (χ0v) is 12.3. The van der Waals surface area contributed by atoms with E-state index in [1.807, 2.05) is 0 Å². The molecule has 0 aromatic carbocycles. The molecule has 16 heavy (non-hydrogen) atoms. The average molecular weight is 228 g/mol. The standard InChI is InChI=1S/C14H32N2/c1-7-10-15-11-14(5,6)12-16(9-3)13(4)8-2/h13,15H,7-12H2,1-6H3. The highest BCUT2D eigenvalue weighted by Gasteiger charge is 2.22. The minimum absolute atomic E-state index is 0.370. The van der Waals surface area contributed by atoms with Crippen molar-refractivity contribution in [2.45, 2.75) is 60.4 Å². The van der Waals surface area contributed by atoms with Gasteiger partial charge in [-0.2, -0.15) is 0 Å². The lowest BCUT2D eigenvalue weighted by Crippen LogP contribution is -2.44. The van der Waals surface area contributed by atoms with E-state index >= 15 is 0 Å². The molecule has 1 unspecified atom stereocenters. The number of hydrogen-bond donors (Lipinski definition) is 1. The molecule has 2 nitrogen and oxygen atoms in total. The minimum atomic E-state index is 0.370. The monoisotopic (exact) mass is 228 g/mol. The summed E-state index contributed by atoms with van der Waals surface area (Å²) in [6.45, 7) is 18.4. The van der Waals surface area contributed by atoms with Crippen LogP contribution in [0.25, 0.3) is 0 Å². The largest absolute Gasteiger partial charge is 0.316 e. The molecule has 0 saturated carbocycles. The van der Waals surface area contributed by atoms with Crippen molar-refractivity contribution in [3.05, 3.63) is 0 Å². The van der Waals surface area contributed by atoms with E-state index < -0.39 is 0 Å². The second kappa shape index (κ2) is 8.08. The highest BCUT2D eigenvalue weighted by molar-refractivity contribution is 4.78. The molecule has 1 atom stereocenters. The van der Waals surface area contributed by atoms with Crippen molar-refractivity contribution in [1.82, 2.24) is 10.2 Å². The van der Waals surface area contributed by atoms with Crippen LogP contribution in [0.15, 0.2) is 0 Å². The third-order valence-electron chi connectivity index (χ3n) is 3.28. The molecule has 0 bridgehead atoms. The van der Waals surface area contributed by atoms with Crippen molar-refractivity contribution in [1.29, 1.82) is 0 Å². The Bertz CT molecular complexity index is 166.